The Labute approximate surface area is 123 Å². The molecule has 0 saturated carbocycles. The van der Waals surface area contributed by atoms with E-state index >= 15 is 0 Å². The number of benzene rings is 1. The van der Waals surface area contributed by atoms with Gasteiger partial charge in [-0.1, -0.05) is 19.1 Å². The average Bonchev–Trinajstić information content (AvgIpc) is 2.96. The zero-order valence-electron chi connectivity index (χ0n) is 11.9. The lowest BCUT2D eigenvalue weighted by atomic mass is 10.0. The highest BCUT2D eigenvalue weighted by molar-refractivity contribution is 7.09. The zero-order valence-corrected chi connectivity index (χ0v) is 12.7. The fourth-order valence-electron chi connectivity index (χ4n) is 2.27. The molecule has 0 saturated heterocycles. The lowest BCUT2D eigenvalue weighted by Crippen LogP contribution is -2.21. The quantitative estimate of drug-likeness (QED) is 0.827. The number of halogens is 1. The fourth-order valence-corrected chi connectivity index (χ4v) is 3.00. The van der Waals surface area contributed by atoms with Gasteiger partial charge in [0.05, 0.1) is 7.11 Å². The second-order valence-electron chi connectivity index (χ2n) is 4.62. The molecule has 1 aromatic heterocycles. The number of hydrogen-bond donors (Lipinski definition) is 1. The largest absolute Gasteiger partial charge is 0.494 e. The van der Waals surface area contributed by atoms with E-state index < -0.39 is 0 Å². The Balaban J connectivity index is 2.09. The molecule has 1 heterocycles. The first-order chi connectivity index (χ1) is 9.74. The van der Waals surface area contributed by atoms with Gasteiger partial charge in [-0.2, -0.15) is 0 Å². The summed E-state index contributed by atoms with van der Waals surface area (Å²) in [5, 5.41) is 5.51. The highest BCUT2D eigenvalue weighted by atomic mass is 32.1. The predicted octanol–water partition coefficient (Wildman–Crippen LogP) is 4.18. The smallest absolute Gasteiger partial charge is 0.165 e. The van der Waals surface area contributed by atoms with Crippen LogP contribution in [0.5, 0.6) is 5.75 Å². The molecule has 0 aliphatic rings. The van der Waals surface area contributed by atoms with Gasteiger partial charge in [-0.15, -0.1) is 11.3 Å². The maximum absolute atomic E-state index is 13.8. The summed E-state index contributed by atoms with van der Waals surface area (Å²) in [7, 11) is 1.48. The van der Waals surface area contributed by atoms with Crippen molar-refractivity contribution in [1.29, 1.82) is 0 Å². The molecule has 2 aromatic rings. The van der Waals surface area contributed by atoms with Crippen molar-refractivity contribution in [2.75, 3.05) is 13.7 Å². The number of nitrogens with one attached hydrogen (secondary N) is 1. The van der Waals surface area contributed by atoms with Crippen molar-refractivity contribution in [3.63, 3.8) is 0 Å². The first-order valence-corrected chi connectivity index (χ1v) is 7.71. The number of aryl methyl sites for hydroxylation is 1. The normalized spacial score (nSPS) is 12.3. The fraction of sp³-hybridized carbons (Fsp3) is 0.375. The predicted molar refractivity (Wildman–Crippen MR) is 82.0 cm³/mol. The Morgan fingerprint density at radius 3 is 2.80 bits per heavy atom. The van der Waals surface area contributed by atoms with E-state index in [1.165, 1.54) is 12.0 Å². The third-order valence-corrected chi connectivity index (χ3v) is 4.22. The number of methoxy groups -OCH3 is 1. The van der Waals surface area contributed by atoms with Crippen molar-refractivity contribution in [3.8, 4) is 5.75 Å². The molecule has 0 fully saturated rings. The van der Waals surface area contributed by atoms with Crippen LogP contribution in [-0.4, -0.2) is 13.7 Å². The first-order valence-electron chi connectivity index (χ1n) is 6.83. The van der Waals surface area contributed by atoms with Crippen LogP contribution in [-0.2, 0) is 6.42 Å². The summed E-state index contributed by atoms with van der Waals surface area (Å²) in [6.07, 6.45) is 1.96. The van der Waals surface area contributed by atoms with Crippen LogP contribution in [0.15, 0.2) is 35.7 Å². The van der Waals surface area contributed by atoms with Crippen LogP contribution in [0, 0.1) is 5.82 Å². The summed E-state index contributed by atoms with van der Waals surface area (Å²) in [6, 6.07) is 9.57. The maximum atomic E-state index is 13.8. The Morgan fingerprint density at radius 1 is 1.35 bits per heavy atom. The van der Waals surface area contributed by atoms with Crippen LogP contribution in [0.3, 0.4) is 0 Å². The van der Waals surface area contributed by atoms with E-state index in [9.17, 15) is 4.39 Å². The lowest BCUT2D eigenvalue weighted by Gasteiger charge is -2.18. The Kier molecular flexibility index (Phi) is 5.56. The third-order valence-electron chi connectivity index (χ3n) is 3.29. The second kappa shape index (κ2) is 7.41. The molecule has 0 radical (unpaired) electrons. The molecule has 108 valence electrons. The summed E-state index contributed by atoms with van der Waals surface area (Å²) in [4.78, 5) is 1.36. The molecule has 0 spiro atoms. The minimum atomic E-state index is -0.302. The molecule has 1 N–H and O–H groups in total. The van der Waals surface area contributed by atoms with Gasteiger partial charge in [0.25, 0.3) is 0 Å². The van der Waals surface area contributed by atoms with Crippen LogP contribution in [0.25, 0.3) is 0 Å². The molecule has 0 aliphatic heterocycles. The number of rotatable bonds is 7. The van der Waals surface area contributed by atoms with E-state index in [0.717, 1.165) is 24.9 Å². The van der Waals surface area contributed by atoms with E-state index in [1.807, 2.05) is 6.07 Å². The van der Waals surface area contributed by atoms with Crippen LogP contribution < -0.4 is 10.1 Å². The zero-order chi connectivity index (χ0) is 14.4. The molecule has 20 heavy (non-hydrogen) atoms. The third kappa shape index (κ3) is 3.81. The molecular formula is C16H20FNOS. The average molecular weight is 293 g/mol. The summed E-state index contributed by atoms with van der Waals surface area (Å²) in [5.74, 6) is -0.00807. The van der Waals surface area contributed by atoms with Crippen molar-refractivity contribution in [2.45, 2.75) is 25.8 Å². The summed E-state index contributed by atoms with van der Waals surface area (Å²) in [6.45, 7) is 2.93. The van der Waals surface area contributed by atoms with Crippen molar-refractivity contribution >= 4 is 11.3 Å². The molecule has 2 nitrogen and oxygen atoms in total. The van der Waals surface area contributed by atoms with Crippen molar-refractivity contribution in [1.82, 2.24) is 5.32 Å². The molecule has 0 aliphatic carbocycles. The van der Waals surface area contributed by atoms with Gasteiger partial charge in [-0.25, -0.2) is 4.39 Å². The van der Waals surface area contributed by atoms with Gasteiger partial charge < -0.3 is 10.1 Å². The van der Waals surface area contributed by atoms with Gasteiger partial charge in [0.2, 0.25) is 0 Å². The minimum Gasteiger partial charge on any atom is -0.494 e. The SMILES string of the molecule is CCNC(CCc1cccs1)c1ccc(OC)c(F)c1. The molecule has 0 bridgehead atoms. The Morgan fingerprint density at radius 2 is 2.20 bits per heavy atom. The van der Waals surface area contributed by atoms with Gasteiger partial charge in [0, 0.05) is 10.9 Å². The molecular weight excluding hydrogens is 273 g/mol. The highest BCUT2D eigenvalue weighted by Crippen LogP contribution is 2.25. The number of thiophene rings is 1. The topological polar surface area (TPSA) is 21.3 Å². The standard InChI is InChI=1S/C16H20FNOS/c1-3-18-15(8-7-13-5-4-10-20-13)12-6-9-16(19-2)14(17)11-12/h4-6,9-11,15,18H,3,7-8H2,1-2H3. The number of ether oxygens (including phenoxy) is 1. The van der Waals surface area contributed by atoms with E-state index in [2.05, 4.69) is 29.8 Å². The molecule has 0 amide bonds. The number of hydrogen-bond acceptors (Lipinski definition) is 3. The minimum absolute atomic E-state index is 0.169. The van der Waals surface area contributed by atoms with E-state index in [4.69, 9.17) is 4.74 Å². The van der Waals surface area contributed by atoms with E-state index in [1.54, 1.807) is 23.5 Å². The maximum Gasteiger partial charge on any atom is 0.165 e. The van der Waals surface area contributed by atoms with Crippen LogP contribution in [0.2, 0.25) is 0 Å². The highest BCUT2D eigenvalue weighted by Gasteiger charge is 2.13. The summed E-state index contributed by atoms with van der Waals surface area (Å²) >= 11 is 1.77. The van der Waals surface area contributed by atoms with Crippen LogP contribution in [0.4, 0.5) is 4.39 Å². The van der Waals surface area contributed by atoms with Crippen LogP contribution >= 0.6 is 11.3 Å². The monoisotopic (exact) mass is 293 g/mol. The Hall–Kier alpha value is -1.39. The van der Waals surface area contributed by atoms with Crippen LogP contribution in [0.1, 0.15) is 29.8 Å². The molecule has 1 aromatic carbocycles. The first kappa shape index (κ1) is 15.0. The van der Waals surface area contributed by atoms with Gasteiger partial charge in [0.1, 0.15) is 0 Å². The van der Waals surface area contributed by atoms with Gasteiger partial charge >= 0.3 is 0 Å². The van der Waals surface area contributed by atoms with Gasteiger partial charge in [0.15, 0.2) is 11.6 Å². The molecule has 1 unspecified atom stereocenters. The molecule has 2 rings (SSSR count). The van der Waals surface area contributed by atoms with Gasteiger partial charge in [-0.05, 0) is 48.5 Å². The Bertz CT molecular complexity index is 527. The van der Waals surface area contributed by atoms with E-state index in [0.29, 0.717) is 5.75 Å². The lowest BCUT2D eigenvalue weighted by molar-refractivity contribution is 0.385. The molecule has 4 heteroatoms. The summed E-state index contributed by atoms with van der Waals surface area (Å²) < 4.78 is 18.8. The van der Waals surface area contributed by atoms with Crippen molar-refractivity contribution in [2.24, 2.45) is 0 Å². The van der Waals surface area contributed by atoms with E-state index in [-0.39, 0.29) is 11.9 Å². The van der Waals surface area contributed by atoms with Gasteiger partial charge in [-0.3, -0.25) is 0 Å². The van der Waals surface area contributed by atoms with Crippen molar-refractivity contribution in [3.05, 3.63) is 52.0 Å². The summed E-state index contributed by atoms with van der Waals surface area (Å²) in [5.41, 5.74) is 0.974. The second-order valence-corrected chi connectivity index (χ2v) is 5.65. The molecule has 1 atom stereocenters. The van der Waals surface area contributed by atoms with Crippen molar-refractivity contribution < 1.29 is 9.13 Å².